The molecule has 0 radical (unpaired) electrons. The molecule has 0 spiro atoms. The highest BCUT2D eigenvalue weighted by molar-refractivity contribution is 6.30. The van der Waals surface area contributed by atoms with Crippen molar-refractivity contribution in [3.05, 3.63) is 99.8 Å². The van der Waals surface area contributed by atoms with Gasteiger partial charge in [-0.3, -0.25) is 4.79 Å². The van der Waals surface area contributed by atoms with Crippen LogP contribution in [0.5, 0.6) is 0 Å². The Morgan fingerprint density at radius 3 is 2.25 bits per heavy atom. The van der Waals surface area contributed by atoms with E-state index >= 15 is 0 Å². The average molecular weight is 410 g/mol. The van der Waals surface area contributed by atoms with Gasteiger partial charge in [-0.2, -0.15) is 0 Å². The lowest BCUT2D eigenvalue weighted by molar-refractivity contribution is 0.0949. The molecule has 1 amide bonds. The average Bonchev–Trinajstić information content (AvgIpc) is 3.06. The number of carbonyl (C=O) groups is 1. The summed E-state index contributed by atoms with van der Waals surface area (Å²) in [6.45, 7) is 0.966. The van der Waals surface area contributed by atoms with Gasteiger partial charge >= 0.3 is 0 Å². The molecule has 4 rings (SSSR count). The Hall–Kier alpha value is -2.82. The molecule has 1 N–H and O–H groups in total. The van der Waals surface area contributed by atoms with Crippen LogP contribution in [0.4, 0.5) is 0 Å². The van der Waals surface area contributed by atoms with Gasteiger partial charge in [0.25, 0.3) is 5.91 Å². The molecule has 0 aliphatic carbocycles. The van der Waals surface area contributed by atoms with Crippen molar-refractivity contribution in [1.82, 2.24) is 14.9 Å². The second kappa shape index (κ2) is 8.05. The summed E-state index contributed by atoms with van der Waals surface area (Å²) < 4.78 is 2.11. The van der Waals surface area contributed by atoms with Crippen molar-refractivity contribution in [2.24, 2.45) is 0 Å². The zero-order valence-corrected chi connectivity index (χ0v) is 16.4. The zero-order valence-electron chi connectivity index (χ0n) is 14.9. The van der Waals surface area contributed by atoms with Crippen molar-refractivity contribution in [3.8, 4) is 0 Å². The number of imidazole rings is 1. The summed E-state index contributed by atoms with van der Waals surface area (Å²) in [5.41, 5.74) is 3.59. The summed E-state index contributed by atoms with van der Waals surface area (Å²) >= 11 is 11.9. The number of hydrogen-bond donors (Lipinski definition) is 1. The van der Waals surface area contributed by atoms with Crippen LogP contribution in [-0.4, -0.2) is 15.5 Å². The highest BCUT2D eigenvalue weighted by Crippen LogP contribution is 2.19. The largest absolute Gasteiger partial charge is 0.345 e. The highest BCUT2D eigenvalue weighted by atomic mass is 35.5. The number of nitrogens with one attached hydrogen (secondary N) is 1. The zero-order chi connectivity index (χ0) is 19.5. The minimum Gasteiger partial charge on any atom is -0.345 e. The maximum absolute atomic E-state index is 12.4. The van der Waals surface area contributed by atoms with Gasteiger partial charge in [0.2, 0.25) is 0 Å². The first kappa shape index (κ1) is 18.5. The lowest BCUT2D eigenvalue weighted by atomic mass is 10.2. The Kier molecular flexibility index (Phi) is 5.33. The van der Waals surface area contributed by atoms with E-state index in [2.05, 4.69) is 9.88 Å². The highest BCUT2D eigenvalue weighted by Gasteiger charge is 2.13. The summed E-state index contributed by atoms with van der Waals surface area (Å²) in [5.74, 6) is 0.625. The van der Waals surface area contributed by atoms with Gasteiger partial charge in [0.1, 0.15) is 5.82 Å². The summed E-state index contributed by atoms with van der Waals surface area (Å²) in [7, 11) is 0. The van der Waals surface area contributed by atoms with E-state index in [-0.39, 0.29) is 5.91 Å². The Labute approximate surface area is 172 Å². The van der Waals surface area contributed by atoms with E-state index in [1.165, 1.54) is 0 Å². The molecule has 0 saturated heterocycles. The minimum atomic E-state index is -0.165. The molecule has 0 fully saturated rings. The number of nitrogens with zero attached hydrogens (tertiary/aromatic N) is 2. The van der Waals surface area contributed by atoms with E-state index < -0.39 is 0 Å². The molecular formula is C22H17Cl2N3O. The third kappa shape index (κ3) is 4.03. The van der Waals surface area contributed by atoms with Gasteiger partial charge in [-0.15, -0.1) is 0 Å². The first-order chi connectivity index (χ1) is 13.6. The number of rotatable bonds is 5. The van der Waals surface area contributed by atoms with Gasteiger partial charge in [-0.05, 0) is 54.1 Å². The Morgan fingerprint density at radius 1 is 0.893 bits per heavy atom. The number of benzene rings is 3. The number of carbonyl (C=O) groups excluding carboxylic acids is 1. The molecule has 4 aromatic rings. The number of aromatic nitrogens is 2. The number of amides is 1. The van der Waals surface area contributed by atoms with E-state index in [9.17, 15) is 4.79 Å². The molecule has 1 aromatic heterocycles. The molecular weight excluding hydrogens is 393 g/mol. The predicted molar refractivity (Wildman–Crippen MR) is 113 cm³/mol. The number of halogens is 2. The molecule has 0 aliphatic heterocycles. The number of hydrogen-bond acceptors (Lipinski definition) is 2. The molecule has 1 heterocycles. The van der Waals surface area contributed by atoms with Crippen molar-refractivity contribution < 1.29 is 4.79 Å². The molecule has 140 valence electrons. The Morgan fingerprint density at radius 2 is 1.54 bits per heavy atom. The lowest BCUT2D eigenvalue weighted by Gasteiger charge is -2.11. The smallest absolute Gasteiger partial charge is 0.251 e. The summed E-state index contributed by atoms with van der Waals surface area (Å²) in [4.78, 5) is 17.2. The summed E-state index contributed by atoms with van der Waals surface area (Å²) in [6.07, 6.45) is 0. The Bertz CT molecular complexity index is 1120. The van der Waals surface area contributed by atoms with E-state index in [1.54, 1.807) is 24.3 Å². The third-order valence-electron chi connectivity index (χ3n) is 4.50. The van der Waals surface area contributed by atoms with Crippen LogP contribution in [0.3, 0.4) is 0 Å². The Balaban J connectivity index is 1.60. The van der Waals surface area contributed by atoms with E-state index in [4.69, 9.17) is 28.2 Å². The number of fused-ring (bicyclic) bond motifs is 1. The van der Waals surface area contributed by atoms with Crippen molar-refractivity contribution in [2.75, 3.05) is 0 Å². The van der Waals surface area contributed by atoms with Gasteiger partial charge in [-0.1, -0.05) is 47.5 Å². The van der Waals surface area contributed by atoms with Crippen LogP contribution in [0.15, 0.2) is 72.8 Å². The van der Waals surface area contributed by atoms with Crippen LogP contribution in [0.25, 0.3) is 11.0 Å². The normalized spacial score (nSPS) is 10.9. The molecule has 0 bridgehead atoms. The molecule has 3 aromatic carbocycles. The van der Waals surface area contributed by atoms with Crippen molar-refractivity contribution >= 4 is 40.1 Å². The molecule has 28 heavy (non-hydrogen) atoms. The lowest BCUT2D eigenvalue weighted by Crippen LogP contribution is -2.24. The first-order valence-corrected chi connectivity index (χ1v) is 9.58. The molecule has 0 unspecified atom stereocenters. The van der Waals surface area contributed by atoms with Crippen LogP contribution in [0.1, 0.15) is 21.7 Å². The first-order valence-electron chi connectivity index (χ1n) is 8.82. The van der Waals surface area contributed by atoms with Gasteiger partial charge in [0.05, 0.1) is 17.6 Å². The molecule has 0 aliphatic rings. The molecule has 6 heteroatoms. The second-order valence-corrected chi connectivity index (χ2v) is 7.29. The van der Waals surface area contributed by atoms with Crippen molar-refractivity contribution in [1.29, 1.82) is 0 Å². The monoisotopic (exact) mass is 409 g/mol. The van der Waals surface area contributed by atoms with Gasteiger partial charge < -0.3 is 9.88 Å². The SMILES string of the molecule is O=C(NCc1nc2ccccc2n1Cc1ccc(Cl)cc1)c1ccc(Cl)cc1. The summed E-state index contributed by atoms with van der Waals surface area (Å²) in [6, 6.07) is 22.5. The second-order valence-electron chi connectivity index (χ2n) is 6.42. The standard InChI is InChI=1S/C22H17Cl2N3O/c23-17-9-5-15(6-10-17)14-27-20-4-2-1-3-19(20)26-21(27)13-25-22(28)16-7-11-18(24)12-8-16/h1-12H,13-14H2,(H,25,28). The van der Waals surface area contributed by atoms with Gasteiger partial charge in [0.15, 0.2) is 0 Å². The molecule has 0 atom stereocenters. The third-order valence-corrected chi connectivity index (χ3v) is 5.00. The van der Waals surface area contributed by atoms with Crippen LogP contribution < -0.4 is 5.32 Å². The van der Waals surface area contributed by atoms with Crippen LogP contribution in [0.2, 0.25) is 10.0 Å². The van der Waals surface area contributed by atoms with E-state index in [0.29, 0.717) is 28.7 Å². The fraction of sp³-hybridized carbons (Fsp3) is 0.0909. The predicted octanol–water partition coefficient (Wildman–Crippen LogP) is 5.32. The molecule has 0 saturated carbocycles. The summed E-state index contributed by atoms with van der Waals surface area (Å²) in [5, 5.41) is 4.25. The van der Waals surface area contributed by atoms with E-state index in [0.717, 1.165) is 22.4 Å². The fourth-order valence-electron chi connectivity index (χ4n) is 3.07. The molecule has 4 nitrogen and oxygen atoms in total. The maximum Gasteiger partial charge on any atom is 0.251 e. The van der Waals surface area contributed by atoms with Crippen molar-refractivity contribution in [2.45, 2.75) is 13.1 Å². The van der Waals surface area contributed by atoms with Crippen molar-refractivity contribution in [3.63, 3.8) is 0 Å². The van der Waals surface area contributed by atoms with Crippen LogP contribution in [-0.2, 0) is 13.1 Å². The van der Waals surface area contributed by atoms with Gasteiger partial charge in [-0.25, -0.2) is 4.98 Å². The van der Waals surface area contributed by atoms with Crippen LogP contribution in [0, 0.1) is 0 Å². The van der Waals surface area contributed by atoms with E-state index in [1.807, 2.05) is 48.5 Å². The fourth-order valence-corrected chi connectivity index (χ4v) is 3.32. The number of para-hydroxylation sites is 2. The minimum absolute atomic E-state index is 0.165. The quantitative estimate of drug-likeness (QED) is 0.484. The maximum atomic E-state index is 12.4. The topological polar surface area (TPSA) is 46.9 Å². The van der Waals surface area contributed by atoms with Gasteiger partial charge in [0, 0.05) is 22.2 Å². The van der Waals surface area contributed by atoms with Crippen LogP contribution >= 0.6 is 23.2 Å².